The summed E-state index contributed by atoms with van der Waals surface area (Å²) in [6.45, 7) is 0. The minimum atomic E-state index is -4.39. The van der Waals surface area contributed by atoms with Crippen LogP contribution in [0, 0.1) is 0 Å². The average Bonchev–Trinajstić information content (AvgIpc) is 3.13. The first-order valence-electron chi connectivity index (χ1n) is 9.13. The lowest BCUT2D eigenvalue weighted by Crippen LogP contribution is -2.05. The third kappa shape index (κ3) is 4.81. The number of hydrogen-bond donors (Lipinski definition) is 1. The van der Waals surface area contributed by atoms with Gasteiger partial charge in [0.2, 0.25) is 0 Å². The quantitative estimate of drug-likeness (QED) is 0.310. The van der Waals surface area contributed by atoms with Gasteiger partial charge in [-0.3, -0.25) is 4.99 Å². The van der Waals surface area contributed by atoms with Gasteiger partial charge in [0, 0.05) is 34.3 Å². The van der Waals surface area contributed by atoms with Gasteiger partial charge in [0.05, 0.1) is 11.3 Å². The number of benzene rings is 2. The number of aliphatic imine (C=N–C) groups is 1. The van der Waals surface area contributed by atoms with Gasteiger partial charge < -0.3 is 5.32 Å². The van der Waals surface area contributed by atoms with Crippen molar-refractivity contribution in [2.45, 2.75) is 24.2 Å². The molecule has 160 valence electrons. The Kier molecular flexibility index (Phi) is 6.14. The third-order valence-corrected chi connectivity index (χ3v) is 5.93. The standard InChI is InChI=1S/C21H15Cl2F3N4S/c1-31-20-29-17-10-13(9-14-15(22)3-2-4-16(14)23)27-18(17)19(30-20)28-12-7-5-11(6-8-12)21(24,25)26/h2-8H,9-10H2,1H3,(H,28,29,30). The van der Waals surface area contributed by atoms with E-state index in [2.05, 4.69) is 20.3 Å². The Morgan fingerprint density at radius 2 is 1.71 bits per heavy atom. The summed E-state index contributed by atoms with van der Waals surface area (Å²) < 4.78 is 38.5. The number of nitrogens with one attached hydrogen (secondary N) is 1. The Bertz CT molecular complexity index is 1140. The lowest BCUT2D eigenvalue weighted by molar-refractivity contribution is -0.137. The number of halogens is 5. The molecule has 10 heteroatoms. The molecule has 1 N–H and O–H groups in total. The van der Waals surface area contributed by atoms with Crippen molar-refractivity contribution < 1.29 is 13.2 Å². The summed E-state index contributed by atoms with van der Waals surface area (Å²) in [7, 11) is 0. The second-order valence-electron chi connectivity index (χ2n) is 6.79. The molecule has 2 aromatic carbocycles. The van der Waals surface area contributed by atoms with Gasteiger partial charge >= 0.3 is 6.18 Å². The van der Waals surface area contributed by atoms with Crippen LogP contribution in [0.3, 0.4) is 0 Å². The van der Waals surface area contributed by atoms with Crippen molar-refractivity contribution in [1.29, 1.82) is 0 Å². The Hall–Kier alpha value is -2.29. The molecule has 0 bridgehead atoms. The highest BCUT2D eigenvalue weighted by Gasteiger charge is 2.30. The smallest absolute Gasteiger partial charge is 0.338 e. The van der Waals surface area contributed by atoms with Crippen LogP contribution in [0.4, 0.5) is 30.4 Å². The van der Waals surface area contributed by atoms with E-state index in [-0.39, 0.29) is 0 Å². The van der Waals surface area contributed by atoms with Gasteiger partial charge in [-0.1, -0.05) is 41.0 Å². The van der Waals surface area contributed by atoms with Crippen molar-refractivity contribution in [1.82, 2.24) is 9.97 Å². The first-order chi connectivity index (χ1) is 14.7. The number of hydrogen-bond acceptors (Lipinski definition) is 5. The molecular weight excluding hydrogens is 468 g/mol. The molecule has 4 nitrogen and oxygen atoms in total. The van der Waals surface area contributed by atoms with Crippen LogP contribution in [0.25, 0.3) is 0 Å². The molecule has 0 fully saturated rings. The third-order valence-electron chi connectivity index (χ3n) is 4.68. The van der Waals surface area contributed by atoms with Crippen LogP contribution in [0.1, 0.15) is 16.8 Å². The first kappa shape index (κ1) is 21.9. The highest BCUT2D eigenvalue weighted by Crippen LogP contribution is 2.37. The molecule has 1 aliphatic heterocycles. The predicted molar refractivity (Wildman–Crippen MR) is 120 cm³/mol. The maximum atomic E-state index is 12.8. The summed E-state index contributed by atoms with van der Waals surface area (Å²) in [4.78, 5) is 13.7. The molecular formula is C21H15Cl2F3N4S. The van der Waals surface area contributed by atoms with Gasteiger partial charge in [0.25, 0.3) is 0 Å². The van der Waals surface area contributed by atoms with Crippen molar-refractivity contribution in [3.63, 3.8) is 0 Å². The predicted octanol–water partition coefficient (Wildman–Crippen LogP) is 7.14. The zero-order chi connectivity index (χ0) is 22.2. The Labute approximate surface area is 190 Å². The van der Waals surface area contributed by atoms with Crippen LogP contribution in [-0.2, 0) is 19.0 Å². The van der Waals surface area contributed by atoms with Crippen LogP contribution >= 0.6 is 35.0 Å². The summed E-state index contributed by atoms with van der Waals surface area (Å²) in [5.74, 6) is 0.439. The number of fused-ring (bicyclic) bond motifs is 1. The number of nitrogens with zero attached hydrogens (tertiary/aromatic N) is 3. The fourth-order valence-electron chi connectivity index (χ4n) is 3.18. The van der Waals surface area contributed by atoms with E-state index in [0.29, 0.717) is 45.2 Å². The molecule has 0 atom stereocenters. The number of anilines is 2. The van der Waals surface area contributed by atoms with Gasteiger partial charge in [0.1, 0.15) is 5.69 Å². The van der Waals surface area contributed by atoms with Crippen molar-refractivity contribution in [3.05, 3.63) is 69.3 Å². The van der Waals surface area contributed by atoms with Crippen molar-refractivity contribution >= 4 is 57.9 Å². The molecule has 31 heavy (non-hydrogen) atoms. The highest BCUT2D eigenvalue weighted by molar-refractivity contribution is 7.98. The monoisotopic (exact) mass is 482 g/mol. The molecule has 0 radical (unpaired) electrons. The molecule has 1 aliphatic rings. The zero-order valence-corrected chi connectivity index (χ0v) is 18.4. The van der Waals surface area contributed by atoms with Crippen LogP contribution < -0.4 is 5.32 Å². The van der Waals surface area contributed by atoms with Gasteiger partial charge in [-0.15, -0.1) is 0 Å². The average molecular weight is 483 g/mol. The van der Waals surface area contributed by atoms with Crippen molar-refractivity contribution in [3.8, 4) is 0 Å². The van der Waals surface area contributed by atoms with Gasteiger partial charge in [-0.25, -0.2) is 9.97 Å². The molecule has 0 unspecified atom stereocenters. The molecule has 2 heterocycles. The SMILES string of the molecule is CSc1nc2c(c(Nc3ccc(C(F)(F)F)cc3)n1)N=C(Cc1c(Cl)cccc1Cl)C2. The fraction of sp³-hybridized carbons (Fsp3) is 0.190. The zero-order valence-electron chi connectivity index (χ0n) is 16.1. The molecule has 0 saturated heterocycles. The van der Waals surface area contributed by atoms with Crippen LogP contribution in [0.15, 0.2) is 52.6 Å². The van der Waals surface area contributed by atoms with E-state index in [1.54, 1.807) is 18.2 Å². The Morgan fingerprint density at radius 3 is 2.32 bits per heavy atom. The van der Waals surface area contributed by atoms with Crippen LogP contribution in [-0.4, -0.2) is 21.9 Å². The van der Waals surface area contributed by atoms with Gasteiger partial charge in [-0.2, -0.15) is 13.2 Å². The lowest BCUT2D eigenvalue weighted by atomic mass is 10.1. The summed E-state index contributed by atoms with van der Waals surface area (Å²) in [5, 5.41) is 4.74. The van der Waals surface area contributed by atoms with E-state index >= 15 is 0 Å². The van der Waals surface area contributed by atoms with E-state index in [4.69, 9.17) is 23.2 Å². The second kappa shape index (κ2) is 8.68. The topological polar surface area (TPSA) is 50.2 Å². The normalized spacial score (nSPS) is 13.2. The fourth-order valence-corrected chi connectivity index (χ4v) is 4.09. The second-order valence-corrected chi connectivity index (χ2v) is 8.37. The minimum Gasteiger partial charge on any atom is -0.338 e. The van der Waals surface area contributed by atoms with Crippen LogP contribution in [0.2, 0.25) is 10.0 Å². The summed E-state index contributed by atoms with van der Waals surface area (Å²) in [6.07, 6.45) is -1.57. The molecule has 4 rings (SSSR count). The van der Waals surface area contributed by atoms with Crippen LogP contribution in [0.5, 0.6) is 0 Å². The van der Waals surface area contributed by atoms with Crippen molar-refractivity contribution in [2.24, 2.45) is 4.99 Å². The molecule has 0 aliphatic carbocycles. The molecule has 1 aromatic heterocycles. The molecule has 0 saturated carbocycles. The largest absolute Gasteiger partial charge is 0.416 e. The summed E-state index contributed by atoms with van der Waals surface area (Å²) >= 11 is 13.9. The summed E-state index contributed by atoms with van der Waals surface area (Å²) in [5.41, 5.74) is 2.68. The van der Waals surface area contributed by atoms with E-state index in [1.165, 1.54) is 23.9 Å². The Balaban J connectivity index is 1.64. The van der Waals surface area contributed by atoms with Crippen molar-refractivity contribution in [2.75, 3.05) is 11.6 Å². The minimum absolute atomic E-state index is 0.439. The maximum absolute atomic E-state index is 12.8. The van der Waals surface area contributed by atoms with Gasteiger partial charge in [-0.05, 0) is 48.2 Å². The number of thioether (sulfide) groups is 1. The first-order valence-corrected chi connectivity index (χ1v) is 11.1. The molecule has 3 aromatic rings. The summed E-state index contributed by atoms with van der Waals surface area (Å²) in [6, 6.07) is 10.1. The van der Waals surface area contributed by atoms with E-state index in [1.807, 2.05) is 6.26 Å². The molecule has 0 spiro atoms. The Morgan fingerprint density at radius 1 is 1.03 bits per heavy atom. The van der Waals surface area contributed by atoms with E-state index in [0.717, 1.165) is 29.1 Å². The number of alkyl halides is 3. The van der Waals surface area contributed by atoms with E-state index in [9.17, 15) is 13.2 Å². The maximum Gasteiger partial charge on any atom is 0.416 e. The molecule has 0 amide bonds. The van der Waals surface area contributed by atoms with Gasteiger partial charge in [0.15, 0.2) is 11.0 Å². The highest BCUT2D eigenvalue weighted by atomic mass is 35.5. The lowest BCUT2D eigenvalue weighted by Gasteiger charge is -2.11. The number of aromatic nitrogens is 2. The number of rotatable bonds is 5. The van der Waals surface area contributed by atoms with E-state index < -0.39 is 11.7 Å².